The van der Waals surface area contributed by atoms with E-state index in [0.29, 0.717) is 12.4 Å². The molecule has 0 radical (unpaired) electrons. The van der Waals surface area contributed by atoms with Crippen molar-refractivity contribution in [1.29, 1.82) is 0 Å². The van der Waals surface area contributed by atoms with Crippen molar-refractivity contribution in [1.82, 2.24) is 14.5 Å². The van der Waals surface area contributed by atoms with Gasteiger partial charge in [-0.25, -0.2) is 9.97 Å². The minimum absolute atomic E-state index is 0.500. The number of hydrogen-bond donors (Lipinski definition) is 1. The third kappa shape index (κ3) is 2.58. The SMILES string of the molecule is CCOc1ccccc1-n1cncc1-c1ccc(N)nc1. The molecule has 0 unspecified atom stereocenters. The minimum Gasteiger partial charge on any atom is -0.492 e. The van der Waals surface area contributed by atoms with Crippen molar-refractivity contribution in [3.05, 3.63) is 55.1 Å². The van der Waals surface area contributed by atoms with E-state index < -0.39 is 0 Å². The molecule has 21 heavy (non-hydrogen) atoms. The zero-order valence-corrected chi connectivity index (χ0v) is 11.7. The fourth-order valence-corrected chi connectivity index (χ4v) is 2.19. The first kappa shape index (κ1) is 13.2. The Bertz CT molecular complexity index is 734. The molecule has 5 nitrogen and oxygen atoms in total. The van der Waals surface area contributed by atoms with Gasteiger partial charge in [-0.3, -0.25) is 4.57 Å². The highest BCUT2D eigenvalue weighted by atomic mass is 16.5. The summed E-state index contributed by atoms with van der Waals surface area (Å²) < 4.78 is 7.67. The van der Waals surface area contributed by atoms with E-state index in [4.69, 9.17) is 10.5 Å². The molecule has 3 rings (SSSR count). The third-order valence-corrected chi connectivity index (χ3v) is 3.15. The Morgan fingerprint density at radius 1 is 1.14 bits per heavy atom. The van der Waals surface area contributed by atoms with E-state index in [1.54, 1.807) is 24.8 Å². The van der Waals surface area contributed by atoms with Gasteiger partial charge in [0.1, 0.15) is 11.6 Å². The molecule has 0 bridgehead atoms. The van der Waals surface area contributed by atoms with Crippen LogP contribution in [0.1, 0.15) is 6.92 Å². The zero-order chi connectivity index (χ0) is 14.7. The Hall–Kier alpha value is -2.82. The summed E-state index contributed by atoms with van der Waals surface area (Å²) in [5, 5.41) is 0. The quantitative estimate of drug-likeness (QED) is 0.798. The Balaban J connectivity index is 2.09. The van der Waals surface area contributed by atoms with E-state index in [1.807, 2.05) is 41.8 Å². The third-order valence-electron chi connectivity index (χ3n) is 3.15. The van der Waals surface area contributed by atoms with Crippen LogP contribution in [0.4, 0.5) is 5.82 Å². The van der Waals surface area contributed by atoms with Crippen LogP contribution in [0.5, 0.6) is 5.75 Å². The number of imidazole rings is 1. The van der Waals surface area contributed by atoms with E-state index in [9.17, 15) is 0 Å². The van der Waals surface area contributed by atoms with Gasteiger partial charge in [-0.05, 0) is 31.2 Å². The molecule has 0 aliphatic rings. The average molecular weight is 280 g/mol. The number of nitrogens with zero attached hydrogens (tertiary/aromatic N) is 3. The van der Waals surface area contributed by atoms with Gasteiger partial charge in [-0.2, -0.15) is 0 Å². The number of ether oxygens (including phenoxy) is 1. The van der Waals surface area contributed by atoms with Gasteiger partial charge in [-0.1, -0.05) is 12.1 Å². The molecule has 0 fully saturated rings. The highest BCUT2D eigenvalue weighted by Gasteiger charge is 2.11. The molecular weight excluding hydrogens is 264 g/mol. The molecule has 5 heteroatoms. The normalized spacial score (nSPS) is 10.5. The van der Waals surface area contributed by atoms with Crippen LogP contribution in [-0.4, -0.2) is 21.1 Å². The number of aromatic nitrogens is 3. The molecule has 0 spiro atoms. The predicted molar refractivity (Wildman–Crippen MR) is 82.4 cm³/mol. The molecule has 0 saturated carbocycles. The predicted octanol–water partition coefficient (Wildman–Crippen LogP) is 2.92. The van der Waals surface area contributed by atoms with Crippen molar-refractivity contribution in [3.63, 3.8) is 0 Å². The van der Waals surface area contributed by atoms with E-state index in [0.717, 1.165) is 22.7 Å². The Labute approximate surface area is 123 Å². The van der Waals surface area contributed by atoms with Crippen LogP contribution >= 0.6 is 0 Å². The zero-order valence-electron chi connectivity index (χ0n) is 11.7. The number of nitrogens with two attached hydrogens (primary N) is 1. The second kappa shape index (κ2) is 5.66. The van der Waals surface area contributed by atoms with Gasteiger partial charge in [-0.15, -0.1) is 0 Å². The van der Waals surface area contributed by atoms with Gasteiger partial charge >= 0.3 is 0 Å². The molecule has 106 valence electrons. The monoisotopic (exact) mass is 280 g/mol. The maximum Gasteiger partial charge on any atom is 0.143 e. The number of benzene rings is 1. The molecule has 2 aromatic heterocycles. The van der Waals surface area contributed by atoms with Gasteiger partial charge < -0.3 is 10.5 Å². The summed E-state index contributed by atoms with van der Waals surface area (Å²) in [5.74, 6) is 1.32. The molecule has 0 saturated heterocycles. The van der Waals surface area contributed by atoms with E-state index >= 15 is 0 Å². The first-order chi connectivity index (χ1) is 10.3. The molecular formula is C16H16N4O. The van der Waals surface area contributed by atoms with Crippen molar-refractivity contribution >= 4 is 5.82 Å². The number of hydrogen-bond acceptors (Lipinski definition) is 4. The molecule has 1 aromatic carbocycles. The summed E-state index contributed by atoms with van der Waals surface area (Å²) in [6, 6.07) is 11.6. The van der Waals surface area contributed by atoms with E-state index in [1.165, 1.54) is 0 Å². The van der Waals surface area contributed by atoms with Crippen molar-refractivity contribution in [3.8, 4) is 22.7 Å². The molecule has 2 heterocycles. The average Bonchev–Trinajstić information content (AvgIpc) is 2.98. The highest BCUT2D eigenvalue weighted by molar-refractivity contribution is 5.63. The summed E-state index contributed by atoms with van der Waals surface area (Å²) in [6.07, 6.45) is 5.31. The summed E-state index contributed by atoms with van der Waals surface area (Å²) >= 11 is 0. The van der Waals surface area contributed by atoms with Crippen LogP contribution in [0.2, 0.25) is 0 Å². The van der Waals surface area contributed by atoms with Crippen LogP contribution in [0.15, 0.2) is 55.1 Å². The molecule has 3 aromatic rings. The molecule has 2 N–H and O–H groups in total. The first-order valence-electron chi connectivity index (χ1n) is 6.76. The van der Waals surface area contributed by atoms with Crippen molar-refractivity contribution in [2.75, 3.05) is 12.3 Å². The fraction of sp³-hybridized carbons (Fsp3) is 0.125. The van der Waals surface area contributed by atoms with Crippen molar-refractivity contribution in [2.24, 2.45) is 0 Å². The second-order valence-electron chi connectivity index (χ2n) is 4.52. The Morgan fingerprint density at radius 3 is 2.76 bits per heavy atom. The molecule has 0 aliphatic heterocycles. The lowest BCUT2D eigenvalue weighted by atomic mass is 10.2. The second-order valence-corrected chi connectivity index (χ2v) is 4.52. The van der Waals surface area contributed by atoms with Gasteiger partial charge in [0, 0.05) is 11.8 Å². The van der Waals surface area contributed by atoms with Crippen LogP contribution in [0.25, 0.3) is 16.9 Å². The number of nitrogen functional groups attached to an aromatic ring is 1. The standard InChI is InChI=1S/C16H16N4O/c1-2-21-15-6-4-3-5-13(15)20-11-18-10-14(20)12-7-8-16(17)19-9-12/h3-11H,2H2,1H3,(H2,17,19). The topological polar surface area (TPSA) is 66.0 Å². The summed E-state index contributed by atoms with van der Waals surface area (Å²) in [7, 11) is 0. The van der Waals surface area contributed by atoms with Crippen LogP contribution in [0, 0.1) is 0 Å². The number of para-hydroxylation sites is 2. The van der Waals surface area contributed by atoms with Crippen molar-refractivity contribution in [2.45, 2.75) is 6.92 Å². The minimum atomic E-state index is 0.500. The maximum atomic E-state index is 5.69. The summed E-state index contributed by atoms with van der Waals surface area (Å²) in [4.78, 5) is 8.38. The smallest absolute Gasteiger partial charge is 0.143 e. The Morgan fingerprint density at radius 2 is 2.00 bits per heavy atom. The van der Waals surface area contributed by atoms with Crippen molar-refractivity contribution < 1.29 is 4.74 Å². The first-order valence-corrected chi connectivity index (χ1v) is 6.76. The highest BCUT2D eigenvalue weighted by Crippen LogP contribution is 2.28. The maximum absolute atomic E-state index is 5.69. The van der Waals surface area contributed by atoms with Crippen LogP contribution < -0.4 is 10.5 Å². The largest absolute Gasteiger partial charge is 0.492 e. The van der Waals surface area contributed by atoms with E-state index in [2.05, 4.69) is 9.97 Å². The fourth-order valence-electron chi connectivity index (χ4n) is 2.19. The lowest BCUT2D eigenvalue weighted by molar-refractivity contribution is 0.339. The molecule has 0 atom stereocenters. The number of rotatable bonds is 4. The summed E-state index contributed by atoms with van der Waals surface area (Å²) in [5.41, 5.74) is 8.48. The molecule has 0 aliphatic carbocycles. The van der Waals surface area contributed by atoms with Gasteiger partial charge in [0.2, 0.25) is 0 Å². The van der Waals surface area contributed by atoms with Gasteiger partial charge in [0.15, 0.2) is 0 Å². The lowest BCUT2D eigenvalue weighted by Gasteiger charge is -2.13. The summed E-state index contributed by atoms with van der Waals surface area (Å²) in [6.45, 7) is 2.58. The molecule has 0 amide bonds. The Kier molecular flexibility index (Phi) is 3.55. The van der Waals surface area contributed by atoms with E-state index in [-0.39, 0.29) is 0 Å². The van der Waals surface area contributed by atoms with Gasteiger partial charge in [0.25, 0.3) is 0 Å². The van der Waals surface area contributed by atoms with Crippen LogP contribution in [0.3, 0.4) is 0 Å². The number of pyridine rings is 1. The number of anilines is 1. The van der Waals surface area contributed by atoms with Gasteiger partial charge in [0.05, 0.1) is 30.5 Å². The van der Waals surface area contributed by atoms with Crippen LogP contribution in [-0.2, 0) is 0 Å². The lowest BCUT2D eigenvalue weighted by Crippen LogP contribution is -2.01.